The van der Waals surface area contributed by atoms with Crippen molar-refractivity contribution < 1.29 is 33.0 Å². The highest BCUT2D eigenvalue weighted by Crippen LogP contribution is 2.43. The Balaban J connectivity index is 2.14. The highest BCUT2D eigenvalue weighted by molar-refractivity contribution is 6.09. The summed E-state index contributed by atoms with van der Waals surface area (Å²) >= 11 is 0. The van der Waals surface area contributed by atoms with E-state index in [1.54, 1.807) is 6.92 Å². The Bertz CT molecular complexity index is 1440. The summed E-state index contributed by atoms with van der Waals surface area (Å²) in [6.07, 6.45) is 0. The van der Waals surface area contributed by atoms with E-state index in [0.29, 0.717) is 6.54 Å². The minimum Gasteiger partial charge on any atom is -0.505 e. The van der Waals surface area contributed by atoms with Gasteiger partial charge in [-0.2, -0.15) is 0 Å². The number of carbonyl (C=O) groups excluding carboxylic acids is 1. The van der Waals surface area contributed by atoms with Crippen molar-refractivity contribution >= 4 is 22.8 Å². The van der Waals surface area contributed by atoms with Crippen molar-refractivity contribution in [3.8, 4) is 28.2 Å². The lowest BCUT2D eigenvalue weighted by molar-refractivity contribution is 0.0697. The molecule has 0 radical (unpaired) electrons. The van der Waals surface area contributed by atoms with Crippen LogP contribution in [0.15, 0.2) is 51.7 Å². The average molecular weight is 439 g/mol. The van der Waals surface area contributed by atoms with Crippen molar-refractivity contribution in [1.82, 2.24) is 5.32 Å². The lowest BCUT2D eigenvalue weighted by Gasteiger charge is -2.17. The molecule has 9 heteroatoms. The SMILES string of the molecule is CCNC(=O)c1ccc(-c2c3cc(F)c(=O)cc-3oc3cc(O)c(F)cc23)c(C(=O)O)c1. The number of aromatic hydroxyl groups is 1. The zero-order chi connectivity index (χ0) is 23.2. The van der Waals surface area contributed by atoms with Crippen LogP contribution in [0.4, 0.5) is 8.78 Å². The fourth-order valence-corrected chi connectivity index (χ4v) is 3.53. The Hall–Kier alpha value is -4.27. The lowest BCUT2D eigenvalue weighted by Crippen LogP contribution is -2.23. The first-order valence-corrected chi connectivity index (χ1v) is 9.45. The molecule has 0 atom stereocenters. The maximum atomic E-state index is 14.2. The number of fused-ring (bicyclic) bond motifs is 2. The topological polar surface area (TPSA) is 117 Å². The summed E-state index contributed by atoms with van der Waals surface area (Å²) in [7, 11) is 0. The summed E-state index contributed by atoms with van der Waals surface area (Å²) in [5, 5.41) is 22.2. The lowest BCUT2D eigenvalue weighted by atomic mass is 9.89. The van der Waals surface area contributed by atoms with Crippen molar-refractivity contribution in [2.24, 2.45) is 0 Å². The van der Waals surface area contributed by atoms with E-state index in [9.17, 15) is 33.4 Å². The number of hydrogen-bond acceptors (Lipinski definition) is 5. The van der Waals surface area contributed by atoms with Gasteiger partial charge in [-0.05, 0) is 36.8 Å². The highest BCUT2D eigenvalue weighted by Gasteiger charge is 2.25. The number of aromatic carboxylic acids is 1. The molecule has 0 saturated heterocycles. The van der Waals surface area contributed by atoms with Crippen LogP contribution in [0.5, 0.6) is 5.75 Å². The van der Waals surface area contributed by atoms with Gasteiger partial charge >= 0.3 is 5.97 Å². The molecule has 2 aromatic rings. The van der Waals surface area contributed by atoms with E-state index in [2.05, 4.69) is 5.32 Å². The van der Waals surface area contributed by atoms with E-state index >= 15 is 0 Å². The van der Waals surface area contributed by atoms with Crippen LogP contribution in [-0.4, -0.2) is 28.6 Å². The first-order valence-electron chi connectivity index (χ1n) is 9.45. The molecule has 0 spiro atoms. The Morgan fingerprint density at radius 3 is 2.47 bits per heavy atom. The quantitative estimate of drug-likeness (QED) is 0.414. The number of carboxylic acid groups (broad SMARTS) is 1. The van der Waals surface area contributed by atoms with E-state index in [-0.39, 0.29) is 44.5 Å². The van der Waals surface area contributed by atoms with Crippen LogP contribution in [0, 0.1) is 11.6 Å². The molecule has 1 aliphatic carbocycles. The van der Waals surface area contributed by atoms with E-state index < -0.39 is 34.7 Å². The summed E-state index contributed by atoms with van der Waals surface area (Å²) in [6.45, 7) is 2.04. The molecule has 162 valence electrons. The minimum atomic E-state index is -1.38. The average Bonchev–Trinajstić information content (AvgIpc) is 2.74. The van der Waals surface area contributed by atoms with Crippen molar-refractivity contribution in [2.75, 3.05) is 6.54 Å². The zero-order valence-corrected chi connectivity index (χ0v) is 16.5. The number of benzene rings is 3. The third-order valence-electron chi connectivity index (χ3n) is 4.96. The molecule has 3 N–H and O–H groups in total. The minimum absolute atomic E-state index is 0.0212. The van der Waals surface area contributed by atoms with Gasteiger partial charge in [0.15, 0.2) is 17.4 Å². The summed E-state index contributed by atoms with van der Waals surface area (Å²) < 4.78 is 34.0. The van der Waals surface area contributed by atoms with Gasteiger partial charge in [0, 0.05) is 40.8 Å². The largest absolute Gasteiger partial charge is 0.505 e. The fourth-order valence-electron chi connectivity index (χ4n) is 3.53. The van der Waals surface area contributed by atoms with Gasteiger partial charge in [-0.3, -0.25) is 9.59 Å². The number of carboxylic acids is 1. The second kappa shape index (κ2) is 7.77. The third-order valence-corrected chi connectivity index (χ3v) is 4.96. The second-order valence-electron chi connectivity index (χ2n) is 6.98. The maximum absolute atomic E-state index is 14.2. The molecule has 7 nitrogen and oxygen atoms in total. The van der Waals surface area contributed by atoms with Gasteiger partial charge in [0.2, 0.25) is 5.43 Å². The molecule has 2 aromatic carbocycles. The Morgan fingerprint density at radius 2 is 1.78 bits per heavy atom. The maximum Gasteiger partial charge on any atom is 0.336 e. The summed E-state index contributed by atoms with van der Waals surface area (Å²) in [6, 6.07) is 7.54. The Labute approximate surface area is 178 Å². The van der Waals surface area contributed by atoms with Crippen LogP contribution < -0.4 is 10.7 Å². The van der Waals surface area contributed by atoms with Crippen LogP contribution in [0.3, 0.4) is 0 Å². The number of hydrogen-bond donors (Lipinski definition) is 3. The normalized spacial score (nSPS) is 11.1. The third kappa shape index (κ3) is 3.43. The van der Waals surface area contributed by atoms with Crippen LogP contribution in [0.1, 0.15) is 27.6 Å². The standard InChI is InChI=1S/C23H15F2NO6/c1-2-26-22(29)10-3-4-11(12(5-10)23(30)31)21-13-6-15(24)17(27)8-19(13)32-20-9-18(28)16(25)7-14(20)21/h3-9,27H,2H2,1H3,(H,26,29)(H,30,31). The van der Waals surface area contributed by atoms with Gasteiger partial charge in [0.25, 0.3) is 5.91 Å². The van der Waals surface area contributed by atoms with Gasteiger partial charge in [0.1, 0.15) is 11.3 Å². The first-order chi connectivity index (χ1) is 15.2. The number of nitrogens with one attached hydrogen (secondary N) is 1. The van der Waals surface area contributed by atoms with Crippen molar-refractivity contribution in [3.05, 3.63) is 75.4 Å². The second-order valence-corrected chi connectivity index (χ2v) is 6.98. The van der Waals surface area contributed by atoms with Gasteiger partial charge in [-0.15, -0.1) is 0 Å². The predicted octanol–water partition coefficient (Wildman–Crippen LogP) is 4.00. The van der Waals surface area contributed by atoms with Crippen molar-refractivity contribution in [3.63, 3.8) is 0 Å². The number of halogens is 2. The Morgan fingerprint density at radius 1 is 1.03 bits per heavy atom. The molecule has 2 aliphatic rings. The van der Waals surface area contributed by atoms with Crippen LogP contribution in [0.2, 0.25) is 0 Å². The predicted molar refractivity (Wildman–Crippen MR) is 111 cm³/mol. The van der Waals surface area contributed by atoms with Crippen LogP contribution in [-0.2, 0) is 0 Å². The summed E-state index contributed by atoms with van der Waals surface area (Å²) in [5.41, 5.74) is -1.10. The van der Waals surface area contributed by atoms with E-state index in [0.717, 1.165) is 30.3 Å². The molecule has 4 rings (SSSR count). The molecule has 0 fully saturated rings. The molecule has 1 heterocycles. The molecular formula is C23H15F2NO6. The van der Waals surface area contributed by atoms with Crippen LogP contribution in [0.25, 0.3) is 33.4 Å². The van der Waals surface area contributed by atoms with Gasteiger partial charge in [-0.25, -0.2) is 13.6 Å². The van der Waals surface area contributed by atoms with Gasteiger partial charge in [0.05, 0.1) is 5.56 Å². The molecule has 0 unspecified atom stereocenters. The van der Waals surface area contributed by atoms with E-state index in [1.807, 2.05) is 0 Å². The number of rotatable bonds is 4. The summed E-state index contributed by atoms with van der Waals surface area (Å²) in [5.74, 6) is -4.80. The van der Waals surface area contributed by atoms with Gasteiger partial charge < -0.3 is 19.9 Å². The molecule has 32 heavy (non-hydrogen) atoms. The molecule has 0 aromatic heterocycles. The van der Waals surface area contributed by atoms with Gasteiger partial charge in [-0.1, -0.05) is 6.07 Å². The van der Waals surface area contributed by atoms with E-state index in [1.165, 1.54) is 12.1 Å². The highest BCUT2D eigenvalue weighted by atomic mass is 19.1. The number of amides is 1. The smallest absolute Gasteiger partial charge is 0.336 e. The molecular weight excluding hydrogens is 424 g/mol. The number of phenolic OH excluding ortho intramolecular Hbond substituents is 1. The Kier molecular flexibility index (Phi) is 5.09. The molecule has 0 saturated carbocycles. The zero-order valence-electron chi connectivity index (χ0n) is 16.5. The number of phenols is 1. The monoisotopic (exact) mass is 439 g/mol. The summed E-state index contributed by atoms with van der Waals surface area (Å²) in [4.78, 5) is 36.0. The van der Waals surface area contributed by atoms with Crippen molar-refractivity contribution in [2.45, 2.75) is 6.92 Å². The van der Waals surface area contributed by atoms with Crippen LogP contribution >= 0.6 is 0 Å². The molecule has 1 amide bonds. The molecule has 1 aliphatic heterocycles. The van der Waals surface area contributed by atoms with Crippen molar-refractivity contribution in [1.29, 1.82) is 0 Å². The fraction of sp³-hybridized carbons (Fsp3) is 0.0870. The number of carbonyl (C=O) groups is 2. The first kappa shape index (κ1) is 21.0. The van der Waals surface area contributed by atoms with E-state index in [4.69, 9.17) is 4.42 Å². The molecule has 0 bridgehead atoms.